The first-order valence-electron chi connectivity index (χ1n) is 12.8. The molecule has 218 valence electrons. The summed E-state index contributed by atoms with van der Waals surface area (Å²) in [6.45, 7) is 6.38. The number of anilines is 2. The zero-order valence-corrected chi connectivity index (χ0v) is 23.7. The van der Waals surface area contributed by atoms with Gasteiger partial charge in [-0.3, -0.25) is 4.57 Å². The molecule has 2 amide bonds. The van der Waals surface area contributed by atoms with Crippen LogP contribution in [0.1, 0.15) is 39.0 Å². The van der Waals surface area contributed by atoms with Crippen molar-refractivity contribution < 1.29 is 28.2 Å². The number of aliphatic hydroxyl groups is 2. The second-order valence-corrected chi connectivity index (χ2v) is 12.8. The highest BCUT2D eigenvalue weighted by atomic mass is 32.2. The molecule has 4 atom stereocenters. The van der Waals surface area contributed by atoms with Gasteiger partial charge in [0, 0.05) is 25.3 Å². The average molecular weight is 577 g/mol. The number of urea groups is 1. The smallest absolute Gasteiger partial charge is 0.319 e. The molecule has 2 aromatic heterocycles. The highest BCUT2D eigenvalue weighted by Gasteiger charge is 2.45. The number of nitrogen functional groups attached to an aromatic ring is 1. The van der Waals surface area contributed by atoms with E-state index in [0.717, 1.165) is 16.1 Å². The molecule has 4 rings (SSSR count). The monoisotopic (exact) mass is 576 g/mol. The molecule has 0 bridgehead atoms. The Morgan fingerprint density at radius 3 is 2.50 bits per heavy atom. The van der Waals surface area contributed by atoms with E-state index in [4.69, 9.17) is 10.5 Å². The van der Waals surface area contributed by atoms with Gasteiger partial charge in [-0.1, -0.05) is 32.9 Å². The van der Waals surface area contributed by atoms with Crippen molar-refractivity contribution in [2.24, 2.45) is 0 Å². The van der Waals surface area contributed by atoms with Gasteiger partial charge in [-0.15, -0.1) is 0 Å². The minimum atomic E-state index is -3.69. The number of aliphatic hydroxyl groups excluding tert-OH is 2. The van der Waals surface area contributed by atoms with Crippen LogP contribution in [0.4, 0.5) is 16.3 Å². The molecule has 0 unspecified atom stereocenters. The van der Waals surface area contributed by atoms with Crippen LogP contribution in [0, 0.1) is 0 Å². The number of nitrogens with two attached hydrogens (primary N) is 1. The van der Waals surface area contributed by atoms with E-state index < -0.39 is 40.6 Å². The van der Waals surface area contributed by atoms with Crippen molar-refractivity contribution in [3.05, 3.63) is 42.5 Å². The van der Waals surface area contributed by atoms with E-state index in [1.54, 1.807) is 0 Å². The number of hydrogen-bond acceptors (Lipinski definition) is 10. The molecule has 0 spiro atoms. The first kappa shape index (κ1) is 29.6. The second kappa shape index (κ2) is 11.6. The Kier molecular flexibility index (Phi) is 8.60. The lowest BCUT2D eigenvalue weighted by molar-refractivity contribution is -0.0386. The van der Waals surface area contributed by atoms with Gasteiger partial charge in [0.1, 0.15) is 30.2 Å². The van der Waals surface area contributed by atoms with Crippen LogP contribution in [-0.2, 0) is 20.2 Å². The Labute approximate surface area is 232 Å². The minimum absolute atomic E-state index is 0.00218. The molecule has 0 aliphatic carbocycles. The Morgan fingerprint density at radius 1 is 1.15 bits per heavy atom. The number of benzene rings is 1. The molecule has 1 aliphatic rings. The standard InChI is InChI=1S/C25H36N8O6S/c1-25(2,3)15-6-8-16(9-7-15)31-24(36)27-10-5-11-32(40(4,37)38)12-17-19(34)20(35)23(39-17)33-14-30-18-21(26)28-13-29-22(18)33/h6-9,13-14,17,19-20,23,34-35H,5,10-12H2,1-4H3,(H2,26,28,29)(H2,27,31,36)/t17-,19-,20-,23-/m1/s1. The summed E-state index contributed by atoms with van der Waals surface area (Å²) in [5.41, 5.74) is 8.23. The highest BCUT2D eigenvalue weighted by molar-refractivity contribution is 7.88. The first-order valence-corrected chi connectivity index (χ1v) is 14.7. The van der Waals surface area contributed by atoms with E-state index in [1.165, 1.54) is 17.2 Å². The maximum Gasteiger partial charge on any atom is 0.319 e. The number of carbonyl (C=O) groups excluding carboxylic acids is 1. The van der Waals surface area contributed by atoms with Gasteiger partial charge in [0.15, 0.2) is 17.7 Å². The van der Waals surface area contributed by atoms with Gasteiger partial charge in [-0.2, -0.15) is 4.31 Å². The molecule has 1 aromatic carbocycles. The number of hydrogen-bond donors (Lipinski definition) is 5. The predicted molar refractivity (Wildman–Crippen MR) is 149 cm³/mol. The molecule has 0 radical (unpaired) electrons. The zero-order valence-electron chi connectivity index (χ0n) is 22.9. The summed E-state index contributed by atoms with van der Waals surface area (Å²) in [5.74, 6) is 0.150. The fourth-order valence-corrected chi connectivity index (χ4v) is 5.32. The number of amides is 2. The normalized spacial score (nSPS) is 21.7. The third kappa shape index (κ3) is 6.67. The number of nitrogens with one attached hydrogen (secondary N) is 2. The van der Waals surface area contributed by atoms with E-state index in [2.05, 4.69) is 46.4 Å². The lowest BCUT2D eigenvalue weighted by atomic mass is 9.87. The fraction of sp³-hybridized carbons (Fsp3) is 0.520. The van der Waals surface area contributed by atoms with E-state index in [1.807, 2.05) is 24.3 Å². The second-order valence-electron chi connectivity index (χ2n) is 10.8. The summed E-state index contributed by atoms with van der Waals surface area (Å²) >= 11 is 0. The first-order chi connectivity index (χ1) is 18.8. The highest BCUT2D eigenvalue weighted by Crippen LogP contribution is 2.32. The van der Waals surface area contributed by atoms with Gasteiger partial charge in [0.25, 0.3) is 0 Å². The number of fused-ring (bicyclic) bond motifs is 1. The quantitative estimate of drug-likeness (QED) is 0.227. The van der Waals surface area contributed by atoms with Crippen molar-refractivity contribution >= 4 is 38.7 Å². The third-order valence-electron chi connectivity index (χ3n) is 6.73. The number of ether oxygens (including phenoxy) is 1. The zero-order chi connectivity index (χ0) is 29.2. The van der Waals surface area contributed by atoms with Crippen LogP contribution in [0.25, 0.3) is 11.2 Å². The lowest BCUT2D eigenvalue weighted by Crippen LogP contribution is -2.43. The van der Waals surface area contributed by atoms with Gasteiger partial charge >= 0.3 is 6.03 Å². The summed E-state index contributed by atoms with van der Waals surface area (Å²) in [5, 5.41) is 26.8. The largest absolute Gasteiger partial charge is 0.387 e. The Hall–Kier alpha value is -3.37. The SMILES string of the molecule is CC(C)(C)c1ccc(NC(=O)NCCCN(C[C@H]2O[C@@H](n3cnc4c(N)ncnc43)[C@H](O)[C@@H]2O)S(C)(=O)=O)cc1. The molecule has 1 fully saturated rings. The molecule has 6 N–H and O–H groups in total. The molecular formula is C25H36N8O6S. The number of aromatic nitrogens is 4. The van der Waals surface area contributed by atoms with Gasteiger partial charge in [0.05, 0.1) is 12.6 Å². The molecule has 3 heterocycles. The molecule has 1 saturated heterocycles. The van der Waals surface area contributed by atoms with Crippen molar-refractivity contribution in [1.29, 1.82) is 0 Å². The number of rotatable bonds is 9. The molecule has 14 nitrogen and oxygen atoms in total. The topological polar surface area (TPSA) is 198 Å². The molecule has 3 aromatic rings. The molecule has 15 heteroatoms. The number of nitrogens with zero attached hydrogens (tertiary/aromatic N) is 5. The number of imidazole rings is 1. The van der Waals surface area contributed by atoms with Crippen LogP contribution in [0.5, 0.6) is 0 Å². The van der Waals surface area contributed by atoms with Crippen LogP contribution >= 0.6 is 0 Å². The molecular weight excluding hydrogens is 540 g/mol. The van der Waals surface area contributed by atoms with Crippen LogP contribution in [-0.4, -0.2) is 92.7 Å². The average Bonchev–Trinajstić information content (AvgIpc) is 3.42. The summed E-state index contributed by atoms with van der Waals surface area (Å²) in [6.07, 6.45) is -0.881. The van der Waals surface area contributed by atoms with Crippen LogP contribution in [0.2, 0.25) is 0 Å². The summed E-state index contributed by atoms with van der Waals surface area (Å²) in [7, 11) is -3.69. The van der Waals surface area contributed by atoms with E-state index >= 15 is 0 Å². The summed E-state index contributed by atoms with van der Waals surface area (Å²) in [4.78, 5) is 24.4. The van der Waals surface area contributed by atoms with E-state index in [0.29, 0.717) is 23.3 Å². The minimum Gasteiger partial charge on any atom is -0.387 e. The Morgan fingerprint density at radius 2 is 1.85 bits per heavy atom. The van der Waals surface area contributed by atoms with Crippen molar-refractivity contribution in [1.82, 2.24) is 29.1 Å². The van der Waals surface area contributed by atoms with Crippen molar-refractivity contribution in [2.75, 3.05) is 36.9 Å². The van der Waals surface area contributed by atoms with Gasteiger partial charge < -0.3 is 31.3 Å². The van der Waals surface area contributed by atoms with Crippen molar-refractivity contribution in [3.8, 4) is 0 Å². The number of sulfonamides is 1. The molecule has 1 aliphatic heterocycles. The lowest BCUT2D eigenvalue weighted by Gasteiger charge is -2.24. The predicted octanol–water partition coefficient (Wildman–Crippen LogP) is 0.799. The molecule has 40 heavy (non-hydrogen) atoms. The van der Waals surface area contributed by atoms with Crippen molar-refractivity contribution in [3.63, 3.8) is 0 Å². The summed E-state index contributed by atoms with van der Waals surface area (Å²) in [6, 6.07) is 7.16. The fourth-order valence-electron chi connectivity index (χ4n) is 4.45. The Bertz CT molecular complexity index is 1440. The van der Waals surface area contributed by atoms with E-state index in [9.17, 15) is 23.4 Å². The van der Waals surface area contributed by atoms with Crippen LogP contribution < -0.4 is 16.4 Å². The maximum absolute atomic E-state index is 12.5. The van der Waals surface area contributed by atoms with Crippen molar-refractivity contribution in [2.45, 2.75) is 57.1 Å². The van der Waals surface area contributed by atoms with Crippen LogP contribution in [0.15, 0.2) is 36.9 Å². The van der Waals surface area contributed by atoms with E-state index in [-0.39, 0.29) is 30.9 Å². The van der Waals surface area contributed by atoms with Gasteiger partial charge in [-0.25, -0.2) is 28.2 Å². The van der Waals surface area contributed by atoms with Gasteiger partial charge in [-0.05, 0) is 29.5 Å². The Balaban J connectivity index is 1.31. The van der Waals surface area contributed by atoms with Crippen LogP contribution in [0.3, 0.4) is 0 Å². The maximum atomic E-state index is 12.5. The third-order valence-corrected chi connectivity index (χ3v) is 8.00. The van der Waals surface area contributed by atoms with Gasteiger partial charge in [0.2, 0.25) is 10.0 Å². The number of carbonyl (C=O) groups is 1. The summed E-state index contributed by atoms with van der Waals surface area (Å²) < 4.78 is 33.4. The molecule has 0 saturated carbocycles.